The Hall–Kier alpha value is -3.26. The van der Waals surface area contributed by atoms with E-state index >= 15 is 0 Å². The number of benzene rings is 1. The third-order valence-corrected chi connectivity index (χ3v) is 6.90. The summed E-state index contributed by atoms with van der Waals surface area (Å²) in [6.07, 6.45) is 8.74. The molecule has 3 heterocycles. The number of H-pyrrole nitrogens is 1. The lowest BCUT2D eigenvalue weighted by Crippen LogP contribution is -2.46. The molecule has 2 fully saturated rings. The zero-order valence-corrected chi connectivity index (χ0v) is 19.6. The maximum Gasteiger partial charge on any atom is 0.275 e. The highest BCUT2D eigenvalue weighted by Gasteiger charge is 2.36. The monoisotopic (exact) mass is 461 g/mol. The van der Waals surface area contributed by atoms with E-state index in [0.717, 1.165) is 47.7 Å². The number of nitrogens with one attached hydrogen (secondary N) is 1. The Labute approximate surface area is 199 Å². The maximum atomic E-state index is 13.6. The average Bonchev–Trinajstić information content (AvgIpc) is 3.20. The number of amides is 2. The van der Waals surface area contributed by atoms with E-state index in [2.05, 4.69) is 15.2 Å². The van der Waals surface area contributed by atoms with Crippen molar-refractivity contribution in [2.75, 3.05) is 19.6 Å². The molecule has 0 bridgehead atoms. The fourth-order valence-corrected chi connectivity index (χ4v) is 5.09. The van der Waals surface area contributed by atoms with Crippen molar-refractivity contribution in [1.29, 1.82) is 0 Å². The quantitative estimate of drug-likeness (QED) is 0.628. The molecule has 8 heteroatoms. The molecule has 1 atom stereocenters. The van der Waals surface area contributed by atoms with Crippen LogP contribution in [0.5, 0.6) is 0 Å². The number of carbonyl (C=O) groups is 2. The fraction of sp³-hybridized carbons (Fsp3) is 0.462. The molecule has 1 aliphatic heterocycles. The Morgan fingerprint density at radius 1 is 1.18 bits per heavy atom. The first-order chi connectivity index (χ1) is 16.6. The topological polar surface area (TPSA) is 91.4 Å². The Bertz CT molecular complexity index is 1160. The van der Waals surface area contributed by atoms with E-state index in [1.54, 1.807) is 17.3 Å². The van der Waals surface area contributed by atoms with Gasteiger partial charge < -0.3 is 14.5 Å². The molecule has 0 unspecified atom stereocenters. The van der Waals surface area contributed by atoms with Gasteiger partial charge in [-0.3, -0.25) is 19.7 Å². The maximum absolute atomic E-state index is 13.6. The summed E-state index contributed by atoms with van der Waals surface area (Å²) in [7, 11) is 0. The number of aromatic amines is 1. The van der Waals surface area contributed by atoms with Crippen molar-refractivity contribution in [1.82, 2.24) is 25.0 Å². The summed E-state index contributed by atoms with van der Waals surface area (Å²) < 4.78 is 6.27. The SMILES string of the molecule is Cc1ccc2[nH]nc(C(=O)N3CC(=O)N(C4CCCCC4)C[C@@H](OCc4cccnc4)C3)c2c1. The van der Waals surface area contributed by atoms with Crippen molar-refractivity contribution in [3.05, 3.63) is 59.5 Å². The molecule has 1 saturated carbocycles. The Morgan fingerprint density at radius 3 is 2.82 bits per heavy atom. The highest BCUT2D eigenvalue weighted by molar-refractivity contribution is 6.05. The summed E-state index contributed by atoms with van der Waals surface area (Å²) in [4.78, 5) is 34.7. The van der Waals surface area contributed by atoms with Gasteiger partial charge in [-0.15, -0.1) is 0 Å². The van der Waals surface area contributed by atoms with Crippen LogP contribution in [0.3, 0.4) is 0 Å². The van der Waals surface area contributed by atoms with Gasteiger partial charge in [0.05, 0.1) is 18.2 Å². The van der Waals surface area contributed by atoms with Crippen molar-refractivity contribution >= 4 is 22.7 Å². The number of hydrogen-bond donors (Lipinski definition) is 1. The van der Waals surface area contributed by atoms with E-state index in [0.29, 0.717) is 25.4 Å². The molecule has 1 saturated heterocycles. The molecule has 2 aliphatic rings. The van der Waals surface area contributed by atoms with Gasteiger partial charge in [-0.25, -0.2) is 0 Å². The van der Waals surface area contributed by atoms with Crippen LogP contribution in [-0.2, 0) is 16.1 Å². The first kappa shape index (κ1) is 22.5. The molecule has 1 N–H and O–H groups in total. The third-order valence-electron chi connectivity index (χ3n) is 6.90. The molecular weight excluding hydrogens is 430 g/mol. The minimum absolute atomic E-state index is 0.0104. The van der Waals surface area contributed by atoms with Crippen molar-refractivity contribution in [2.24, 2.45) is 0 Å². The zero-order valence-electron chi connectivity index (χ0n) is 19.6. The fourth-order valence-electron chi connectivity index (χ4n) is 5.09. The molecule has 1 aliphatic carbocycles. The van der Waals surface area contributed by atoms with Crippen LogP contribution in [0.1, 0.15) is 53.7 Å². The zero-order chi connectivity index (χ0) is 23.5. The van der Waals surface area contributed by atoms with Gasteiger partial charge in [0, 0.05) is 36.9 Å². The van der Waals surface area contributed by atoms with Gasteiger partial charge in [0.1, 0.15) is 6.54 Å². The summed E-state index contributed by atoms with van der Waals surface area (Å²) in [5.41, 5.74) is 3.18. The summed E-state index contributed by atoms with van der Waals surface area (Å²) in [5, 5.41) is 8.03. The molecule has 3 aromatic rings. The second-order valence-corrected chi connectivity index (χ2v) is 9.44. The van der Waals surface area contributed by atoms with Gasteiger partial charge in [-0.1, -0.05) is 37.0 Å². The van der Waals surface area contributed by atoms with Crippen LogP contribution in [0.25, 0.3) is 10.9 Å². The Morgan fingerprint density at radius 2 is 2.03 bits per heavy atom. The Kier molecular flexibility index (Phi) is 6.58. The number of pyridine rings is 1. The van der Waals surface area contributed by atoms with E-state index in [9.17, 15) is 9.59 Å². The smallest absolute Gasteiger partial charge is 0.275 e. The highest BCUT2D eigenvalue weighted by atomic mass is 16.5. The van der Waals surface area contributed by atoms with Gasteiger partial charge in [-0.2, -0.15) is 5.10 Å². The molecule has 2 amide bonds. The summed E-state index contributed by atoms with van der Waals surface area (Å²) in [6, 6.07) is 9.92. The molecule has 1 aromatic carbocycles. The minimum atomic E-state index is -0.288. The molecule has 178 valence electrons. The van der Waals surface area contributed by atoms with Crippen LogP contribution >= 0.6 is 0 Å². The molecule has 0 spiro atoms. The predicted octanol–water partition coefficient (Wildman–Crippen LogP) is 3.47. The summed E-state index contributed by atoms with van der Waals surface area (Å²) >= 11 is 0. The highest BCUT2D eigenvalue weighted by Crippen LogP contribution is 2.26. The molecular formula is C26H31N5O3. The van der Waals surface area contributed by atoms with Crippen LogP contribution in [0, 0.1) is 6.92 Å². The van der Waals surface area contributed by atoms with Gasteiger partial charge in [0.2, 0.25) is 5.91 Å². The van der Waals surface area contributed by atoms with Crippen LogP contribution in [0.15, 0.2) is 42.7 Å². The van der Waals surface area contributed by atoms with Gasteiger partial charge >= 0.3 is 0 Å². The lowest BCUT2D eigenvalue weighted by atomic mass is 9.94. The number of fused-ring (bicyclic) bond motifs is 1. The lowest BCUT2D eigenvalue weighted by Gasteiger charge is -2.34. The third kappa shape index (κ3) is 4.82. The van der Waals surface area contributed by atoms with Crippen LogP contribution < -0.4 is 0 Å². The molecule has 34 heavy (non-hydrogen) atoms. The summed E-state index contributed by atoms with van der Waals surface area (Å²) in [5.74, 6) is -0.255. The number of ether oxygens (including phenoxy) is 1. The second-order valence-electron chi connectivity index (χ2n) is 9.44. The van der Waals surface area contributed by atoms with E-state index in [1.165, 1.54) is 6.42 Å². The van der Waals surface area contributed by atoms with Crippen molar-refractivity contribution in [3.8, 4) is 0 Å². The largest absolute Gasteiger partial charge is 0.370 e. The Balaban J connectivity index is 1.40. The first-order valence-corrected chi connectivity index (χ1v) is 12.1. The number of hydrogen-bond acceptors (Lipinski definition) is 5. The summed E-state index contributed by atoms with van der Waals surface area (Å²) in [6.45, 7) is 3.25. The van der Waals surface area contributed by atoms with E-state index in [1.807, 2.05) is 42.2 Å². The number of nitrogens with zero attached hydrogens (tertiary/aromatic N) is 4. The van der Waals surface area contributed by atoms with Gasteiger partial charge in [0.25, 0.3) is 5.91 Å². The number of carbonyl (C=O) groups excluding carboxylic acids is 2. The van der Waals surface area contributed by atoms with Crippen LogP contribution in [0.4, 0.5) is 0 Å². The molecule has 0 radical (unpaired) electrons. The van der Waals surface area contributed by atoms with Crippen molar-refractivity contribution in [3.63, 3.8) is 0 Å². The average molecular weight is 462 g/mol. The van der Waals surface area contributed by atoms with E-state index in [-0.39, 0.29) is 30.5 Å². The van der Waals surface area contributed by atoms with E-state index < -0.39 is 0 Å². The first-order valence-electron chi connectivity index (χ1n) is 12.1. The standard InChI is InChI=1S/C26H31N5O3/c1-18-9-10-23-22(12-18)25(29-28-23)26(33)30-14-21(34-17-19-6-5-11-27-13-19)15-31(24(32)16-30)20-7-3-2-4-8-20/h5-6,9-13,20-21H,2-4,7-8,14-17H2,1H3,(H,28,29)/t21-/m0/s1. The molecule has 8 nitrogen and oxygen atoms in total. The van der Waals surface area contributed by atoms with Gasteiger partial charge in [0.15, 0.2) is 5.69 Å². The predicted molar refractivity (Wildman–Crippen MR) is 128 cm³/mol. The van der Waals surface area contributed by atoms with Crippen LogP contribution in [-0.4, -0.2) is 68.6 Å². The van der Waals surface area contributed by atoms with E-state index in [4.69, 9.17) is 4.74 Å². The molecule has 5 rings (SSSR count). The number of rotatable bonds is 5. The second kappa shape index (κ2) is 9.93. The molecule has 2 aromatic heterocycles. The van der Waals surface area contributed by atoms with Crippen molar-refractivity contribution in [2.45, 2.75) is 57.8 Å². The van der Waals surface area contributed by atoms with Crippen LogP contribution in [0.2, 0.25) is 0 Å². The van der Waals surface area contributed by atoms with Crippen molar-refractivity contribution < 1.29 is 14.3 Å². The lowest BCUT2D eigenvalue weighted by molar-refractivity contribution is -0.134. The number of aryl methyl sites for hydroxylation is 1. The number of aromatic nitrogens is 3. The van der Waals surface area contributed by atoms with Gasteiger partial charge in [-0.05, 0) is 43.5 Å². The normalized spacial score (nSPS) is 20.0. The minimum Gasteiger partial charge on any atom is -0.370 e.